The van der Waals surface area contributed by atoms with Gasteiger partial charge in [0.25, 0.3) is 0 Å². The summed E-state index contributed by atoms with van der Waals surface area (Å²) in [6, 6.07) is 4.70. The molecule has 1 aromatic carbocycles. The van der Waals surface area contributed by atoms with Gasteiger partial charge in [-0.3, -0.25) is 0 Å². The number of sulfonamides is 1. The van der Waals surface area contributed by atoms with Gasteiger partial charge in [-0.2, -0.15) is 0 Å². The molecule has 0 amide bonds. The molecule has 0 aromatic heterocycles. The van der Waals surface area contributed by atoms with E-state index in [1.54, 1.807) is 6.07 Å². The summed E-state index contributed by atoms with van der Waals surface area (Å²) in [7, 11) is -0.575. The van der Waals surface area contributed by atoms with E-state index in [0.717, 1.165) is 25.7 Å². The Bertz CT molecular complexity index is 587. The van der Waals surface area contributed by atoms with E-state index in [4.69, 9.17) is 15.2 Å². The van der Waals surface area contributed by atoms with Crippen molar-refractivity contribution in [1.82, 2.24) is 4.72 Å². The first-order valence-electron chi connectivity index (χ1n) is 6.96. The van der Waals surface area contributed by atoms with Crippen LogP contribution >= 0.6 is 12.4 Å². The Morgan fingerprint density at radius 1 is 1.09 bits per heavy atom. The Kier molecular flexibility index (Phi) is 6.93. The highest BCUT2D eigenvalue weighted by molar-refractivity contribution is 7.89. The molecule has 0 heterocycles. The standard InChI is InChI=1S/C14H22N2O4S.ClH/c1-19-13-8-7-12(9-14(13)20-2)21(17,18)16-11-5-3-10(15)4-6-11;/h7-11,16H,3-6,15H2,1-2H3;1H. The van der Waals surface area contributed by atoms with Gasteiger partial charge in [0, 0.05) is 18.2 Å². The summed E-state index contributed by atoms with van der Waals surface area (Å²) in [5.41, 5.74) is 5.83. The SMILES string of the molecule is COc1ccc(S(=O)(=O)NC2CCC(N)CC2)cc1OC.Cl. The van der Waals surface area contributed by atoms with Crippen molar-refractivity contribution in [3.05, 3.63) is 18.2 Å². The fraction of sp³-hybridized carbons (Fsp3) is 0.571. The molecule has 0 radical (unpaired) electrons. The summed E-state index contributed by atoms with van der Waals surface area (Å²) in [6.07, 6.45) is 3.24. The molecule has 0 unspecified atom stereocenters. The molecule has 1 saturated carbocycles. The molecule has 0 saturated heterocycles. The van der Waals surface area contributed by atoms with Gasteiger partial charge in [-0.25, -0.2) is 13.1 Å². The maximum Gasteiger partial charge on any atom is 0.240 e. The normalized spacial score (nSPS) is 21.8. The van der Waals surface area contributed by atoms with E-state index in [9.17, 15) is 8.42 Å². The van der Waals surface area contributed by atoms with Crippen molar-refractivity contribution in [2.24, 2.45) is 5.73 Å². The first-order chi connectivity index (χ1) is 9.96. The second kappa shape index (κ2) is 8.01. The molecule has 3 N–H and O–H groups in total. The number of ether oxygens (including phenoxy) is 2. The smallest absolute Gasteiger partial charge is 0.240 e. The van der Waals surface area contributed by atoms with Crippen LogP contribution in [0.3, 0.4) is 0 Å². The number of halogens is 1. The lowest BCUT2D eigenvalue weighted by atomic mass is 9.93. The van der Waals surface area contributed by atoms with E-state index in [1.165, 1.54) is 26.4 Å². The Morgan fingerprint density at radius 2 is 1.68 bits per heavy atom. The van der Waals surface area contributed by atoms with Crippen LogP contribution in [0.5, 0.6) is 11.5 Å². The predicted molar refractivity (Wildman–Crippen MR) is 87.3 cm³/mol. The second-order valence-electron chi connectivity index (χ2n) is 5.25. The zero-order valence-electron chi connectivity index (χ0n) is 12.7. The number of nitrogens with one attached hydrogen (secondary N) is 1. The Labute approximate surface area is 137 Å². The summed E-state index contributed by atoms with van der Waals surface area (Å²) < 4.78 is 37.8. The molecule has 22 heavy (non-hydrogen) atoms. The molecule has 1 aliphatic carbocycles. The average Bonchev–Trinajstić information content (AvgIpc) is 2.48. The number of methoxy groups -OCH3 is 2. The Hall–Kier alpha value is -1.02. The van der Waals surface area contributed by atoms with Crippen LogP contribution in [0.25, 0.3) is 0 Å². The molecular weight excluding hydrogens is 328 g/mol. The van der Waals surface area contributed by atoms with Crippen LogP contribution in [0.1, 0.15) is 25.7 Å². The molecular formula is C14H23ClN2O4S. The van der Waals surface area contributed by atoms with E-state index in [2.05, 4.69) is 4.72 Å². The molecule has 126 valence electrons. The minimum Gasteiger partial charge on any atom is -0.493 e. The third kappa shape index (κ3) is 4.49. The zero-order chi connectivity index (χ0) is 15.5. The fourth-order valence-corrected chi connectivity index (χ4v) is 3.83. The molecule has 0 spiro atoms. The van der Waals surface area contributed by atoms with Crippen LogP contribution in [0.2, 0.25) is 0 Å². The monoisotopic (exact) mass is 350 g/mol. The van der Waals surface area contributed by atoms with Crippen molar-refractivity contribution in [3.8, 4) is 11.5 Å². The summed E-state index contributed by atoms with van der Waals surface area (Å²) in [5, 5.41) is 0. The topological polar surface area (TPSA) is 90.7 Å². The molecule has 2 rings (SSSR count). The van der Waals surface area contributed by atoms with E-state index in [0.29, 0.717) is 11.5 Å². The quantitative estimate of drug-likeness (QED) is 0.843. The molecule has 0 bridgehead atoms. The number of nitrogens with two attached hydrogens (primary N) is 1. The van der Waals surface area contributed by atoms with Crippen molar-refractivity contribution in [2.45, 2.75) is 42.7 Å². The second-order valence-corrected chi connectivity index (χ2v) is 6.96. The number of benzene rings is 1. The first kappa shape index (κ1) is 19.0. The molecule has 8 heteroatoms. The highest BCUT2D eigenvalue weighted by Crippen LogP contribution is 2.29. The zero-order valence-corrected chi connectivity index (χ0v) is 14.4. The maximum atomic E-state index is 12.4. The molecule has 0 atom stereocenters. The Morgan fingerprint density at radius 3 is 2.23 bits per heavy atom. The van der Waals surface area contributed by atoms with Crippen molar-refractivity contribution >= 4 is 22.4 Å². The summed E-state index contributed by atoms with van der Waals surface area (Å²) >= 11 is 0. The van der Waals surface area contributed by atoms with Gasteiger partial charge in [0.1, 0.15) is 0 Å². The van der Waals surface area contributed by atoms with Gasteiger partial charge in [-0.1, -0.05) is 0 Å². The number of hydrogen-bond donors (Lipinski definition) is 2. The van der Waals surface area contributed by atoms with Crippen LogP contribution < -0.4 is 19.9 Å². The van der Waals surface area contributed by atoms with E-state index in [-0.39, 0.29) is 29.4 Å². The average molecular weight is 351 g/mol. The van der Waals surface area contributed by atoms with Crippen molar-refractivity contribution in [1.29, 1.82) is 0 Å². The molecule has 6 nitrogen and oxygen atoms in total. The van der Waals surface area contributed by atoms with Crippen molar-refractivity contribution in [2.75, 3.05) is 14.2 Å². The van der Waals surface area contributed by atoms with E-state index < -0.39 is 10.0 Å². The van der Waals surface area contributed by atoms with E-state index in [1.807, 2.05) is 0 Å². The fourth-order valence-electron chi connectivity index (χ4n) is 2.51. The Balaban J connectivity index is 0.00000242. The van der Waals surface area contributed by atoms with Gasteiger partial charge in [0.05, 0.1) is 19.1 Å². The number of rotatable bonds is 5. The minimum absolute atomic E-state index is 0. The molecule has 1 aromatic rings. The van der Waals surface area contributed by atoms with Crippen LogP contribution in [0.15, 0.2) is 23.1 Å². The third-order valence-electron chi connectivity index (χ3n) is 3.76. The first-order valence-corrected chi connectivity index (χ1v) is 8.44. The van der Waals surface area contributed by atoms with Gasteiger partial charge in [-0.05, 0) is 37.8 Å². The number of hydrogen-bond acceptors (Lipinski definition) is 5. The van der Waals surface area contributed by atoms with Gasteiger partial charge >= 0.3 is 0 Å². The van der Waals surface area contributed by atoms with Crippen LogP contribution in [-0.2, 0) is 10.0 Å². The highest BCUT2D eigenvalue weighted by atomic mass is 35.5. The van der Waals surface area contributed by atoms with Gasteiger partial charge in [0.2, 0.25) is 10.0 Å². The van der Waals surface area contributed by atoms with Crippen molar-refractivity contribution < 1.29 is 17.9 Å². The minimum atomic E-state index is -3.56. The maximum absolute atomic E-state index is 12.4. The van der Waals surface area contributed by atoms with Crippen LogP contribution in [0.4, 0.5) is 0 Å². The lowest BCUT2D eigenvalue weighted by Crippen LogP contribution is -2.40. The highest BCUT2D eigenvalue weighted by Gasteiger charge is 2.25. The molecule has 1 fully saturated rings. The van der Waals surface area contributed by atoms with Crippen molar-refractivity contribution in [3.63, 3.8) is 0 Å². The molecule has 0 aliphatic heterocycles. The third-order valence-corrected chi connectivity index (χ3v) is 5.28. The van der Waals surface area contributed by atoms with Crippen LogP contribution in [0, 0.1) is 0 Å². The van der Waals surface area contributed by atoms with Gasteiger partial charge < -0.3 is 15.2 Å². The van der Waals surface area contributed by atoms with E-state index >= 15 is 0 Å². The summed E-state index contributed by atoms with van der Waals surface area (Å²) in [5.74, 6) is 0.895. The lowest BCUT2D eigenvalue weighted by Gasteiger charge is -2.26. The van der Waals surface area contributed by atoms with Gasteiger partial charge in [0.15, 0.2) is 11.5 Å². The van der Waals surface area contributed by atoms with Gasteiger partial charge in [-0.15, -0.1) is 12.4 Å². The largest absolute Gasteiger partial charge is 0.493 e. The van der Waals surface area contributed by atoms with Crippen LogP contribution in [-0.4, -0.2) is 34.7 Å². The summed E-state index contributed by atoms with van der Waals surface area (Å²) in [6.45, 7) is 0. The molecule has 1 aliphatic rings. The summed E-state index contributed by atoms with van der Waals surface area (Å²) in [4.78, 5) is 0.176. The predicted octanol–water partition coefficient (Wildman–Crippen LogP) is 1.67. The lowest BCUT2D eigenvalue weighted by molar-refractivity contribution is 0.353.